The van der Waals surface area contributed by atoms with Crippen molar-refractivity contribution in [2.24, 2.45) is 0 Å². The van der Waals surface area contributed by atoms with Gasteiger partial charge in [0, 0.05) is 29.7 Å². The normalized spacial score (nSPS) is 12.0. The largest absolute Gasteiger partial charge is 0.515 e. The second kappa shape index (κ2) is 6.83. The van der Waals surface area contributed by atoms with Gasteiger partial charge >= 0.3 is 6.16 Å². The van der Waals surface area contributed by atoms with Gasteiger partial charge in [0.05, 0.1) is 23.7 Å². The average molecular weight is 364 g/mol. The molecule has 0 radical (unpaired) electrons. The molecule has 2 aromatic heterocycles. The molecule has 0 N–H and O–H groups in total. The first-order valence-electron chi connectivity index (χ1n) is 8.95. The third-order valence-corrected chi connectivity index (χ3v) is 4.45. The summed E-state index contributed by atoms with van der Waals surface area (Å²) in [6, 6.07) is 7.98. The fourth-order valence-electron chi connectivity index (χ4n) is 3.16. The van der Waals surface area contributed by atoms with E-state index in [1.54, 1.807) is 13.3 Å². The summed E-state index contributed by atoms with van der Waals surface area (Å²) in [5.41, 5.74) is 4.55. The Morgan fingerprint density at radius 1 is 1.26 bits per heavy atom. The number of para-hydroxylation sites is 1. The molecule has 0 saturated carbocycles. The number of benzene rings is 1. The molecule has 138 valence electrons. The molecule has 0 bridgehead atoms. The monoisotopic (exact) mass is 364 g/mol. The number of carbonyl (C=O) groups is 1. The molecule has 1 aliphatic rings. The van der Waals surface area contributed by atoms with E-state index in [9.17, 15) is 4.79 Å². The van der Waals surface area contributed by atoms with Crippen LogP contribution in [0, 0.1) is 0 Å². The van der Waals surface area contributed by atoms with Crippen LogP contribution in [-0.2, 0) is 11.2 Å². The minimum absolute atomic E-state index is 0.231. The maximum absolute atomic E-state index is 11.8. The molecule has 0 saturated heterocycles. The molecular formula is C20H20N4O3. The standard InChI is InChI=1S/C20H20N4O3/c1-4-26-20(25)27-19-16-9-13-10-21-18(12(2)3)23-17(13)14-7-5-6-8-15(14)24(16)11-22-19/h5-8,10-12H,4,9H2,1-3H3. The Labute approximate surface area is 157 Å². The molecule has 0 spiro atoms. The van der Waals surface area contributed by atoms with Crippen LogP contribution in [0.15, 0.2) is 36.8 Å². The summed E-state index contributed by atoms with van der Waals surface area (Å²) < 4.78 is 12.1. The van der Waals surface area contributed by atoms with Gasteiger partial charge in [-0.05, 0) is 13.0 Å². The lowest BCUT2D eigenvalue weighted by Crippen LogP contribution is -2.12. The molecular weight excluding hydrogens is 344 g/mol. The minimum Gasteiger partial charge on any atom is -0.434 e. The van der Waals surface area contributed by atoms with Gasteiger partial charge in [0.2, 0.25) is 5.88 Å². The third-order valence-electron chi connectivity index (χ3n) is 4.45. The first kappa shape index (κ1) is 17.2. The van der Waals surface area contributed by atoms with Crippen molar-refractivity contribution >= 4 is 6.16 Å². The van der Waals surface area contributed by atoms with E-state index >= 15 is 0 Å². The van der Waals surface area contributed by atoms with Crippen LogP contribution in [0.3, 0.4) is 0 Å². The van der Waals surface area contributed by atoms with Crippen molar-refractivity contribution in [3.05, 3.63) is 53.9 Å². The summed E-state index contributed by atoms with van der Waals surface area (Å²) in [6.07, 6.45) is 3.25. The number of rotatable bonds is 3. The summed E-state index contributed by atoms with van der Waals surface area (Å²) in [5.74, 6) is 1.27. The number of hydrogen-bond donors (Lipinski definition) is 0. The van der Waals surface area contributed by atoms with E-state index in [1.807, 2.05) is 35.0 Å². The predicted octanol–water partition coefficient (Wildman–Crippen LogP) is 3.89. The zero-order valence-electron chi connectivity index (χ0n) is 15.5. The maximum Gasteiger partial charge on any atom is 0.515 e. The van der Waals surface area contributed by atoms with Gasteiger partial charge in [-0.1, -0.05) is 32.0 Å². The number of carbonyl (C=O) groups excluding carboxylic acids is 1. The molecule has 4 rings (SSSR count). The summed E-state index contributed by atoms with van der Waals surface area (Å²) in [5, 5.41) is 0. The van der Waals surface area contributed by atoms with Crippen LogP contribution in [0.2, 0.25) is 0 Å². The number of ether oxygens (including phenoxy) is 2. The molecule has 1 aromatic carbocycles. The lowest BCUT2D eigenvalue weighted by atomic mass is 10.0. The fourth-order valence-corrected chi connectivity index (χ4v) is 3.16. The van der Waals surface area contributed by atoms with Gasteiger partial charge < -0.3 is 9.47 Å². The van der Waals surface area contributed by atoms with Crippen LogP contribution in [0.25, 0.3) is 16.9 Å². The highest BCUT2D eigenvalue weighted by atomic mass is 16.7. The van der Waals surface area contributed by atoms with E-state index in [1.165, 1.54) is 0 Å². The molecule has 0 amide bonds. The summed E-state index contributed by atoms with van der Waals surface area (Å²) in [4.78, 5) is 25.4. The molecule has 0 fully saturated rings. The van der Waals surface area contributed by atoms with Crippen molar-refractivity contribution in [1.29, 1.82) is 0 Å². The van der Waals surface area contributed by atoms with Gasteiger partial charge in [0.25, 0.3) is 0 Å². The third kappa shape index (κ3) is 3.05. The topological polar surface area (TPSA) is 79.1 Å². The van der Waals surface area contributed by atoms with E-state index in [-0.39, 0.29) is 18.4 Å². The SMILES string of the molecule is CCOC(=O)Oc1ncn2c1Cc1cnc(C(C)C)nc1-c1ccccc1-2. The van der Waals surface area contributed by atoms with Gasteiger partial charge in [0.15, 0.2) is 0 Å². The van der Waals surface area contributed by atoms with Gasteiger partial charge in [-0.25, -0.2) is 19.7 Å². The van der Waals surface area contributed by atoms with Crippen LogP contribution >= 0.6 is 0 Å². The van der Waals surface area contributed by atoms with Crippen LogP contribution in [0.1, 0.15) is 43.8 Å². The van der Waals surface area contributed by atoms with Crippen molar-refractivity contribution in [1.82, 2.24) is 19.5 Å². The van der Waals surface area contributed by atoms with E-state index in [0.29, 0.717) is 6.42 Å². The molecule has 3 aromatic rings. The lowest BCUT2D eigenvalue weighted by molar-refractivity contribution is 0.102. The van der Waals surface area contributed by atoms with Gasteiger partial charge in [-0.2, -0.15) is 0 Å². The van der Waals surface area contributed by atoms with Gasteiger partial charge in [0.1, 0.15) is 12.2 Å². The smallest absolute Gasteiger partial charge is 0.434 e. The molecule has 0 atom stereocenters. The van der Waals surface area contributed by atoms with E-state index in [4.69, 9.17) is 14.5 Å². The number of fused-ring (bicyclic) bond motifs is 5. The zero-order chi connectivity index (χ0) is 19.0. The van der Waals surface area contributed by atoms with E-state index in [2.05, 4.69) is 23.8 Å². The van der Waals surface area contributed by atoms with Crippen LogP contribution in [0.5, 0.6) is 5.88 Å². The number of imidazole rings is 1. The van der Waals surface area contributed by atoms with Gasteiger partial charge in [-0.3, -0.25) is 4.57 Å². The average Bonchev–Trinajstić information content (AvgIpc) is 2.97. The Hall–Kier alpha value is -3.22. The Morgan fingerprint density at radius 2 is 2.07 bits per heavy atom. The fraction of sp³-hybridized carbons (Fsp3) is 0.300. The van der Waals surface area contributed by atoms with Crippen LogP contribution < -0.4 is 4.74 Å². The van der Waals surface area contributed by atoms with Crippen LogP contribution in [-0.4, -0.2) is 32.3 Å². The molecule has 0 aliphatic carbocycles. The number of nitrogens with zero attached hydrogens (tertiary/aromatic N) is 4. The number of hydrogen-bond acceptors (Lipinski definition) is 6. The second-order valence-corrected chi connectivity index (χ2v) is 6.60. The van der Waals surface area contributed by atoms with Crippen molar-refractivity contribution in [3.63, 3.8) is 0 Å². The highest BCUT2D eigenvalue weighted by Crippen LogP contribution is 2.36. The highest BCUT2D eigenvalue weighted by Gasteiger charge is 2.26. The first-order valence-corrected chi connectivity index (χ1v) is 8.95. The molecule has 27 heavy (non-hydrogen) atoms. The zero-order valence-corrected chi connectivity index (χ0v) is 15.5. The molecule has 3 heterocycles. The Balaban J connectivity index is 1.87. The second-order valence-electron chi connectivity index (χ2n) is 6.60. The Kier molecular flexibility index (Phi) is 4.35. The highest BCUT2D eigenvalue weighted by molar-refractivity contribution is 5.75. The summed E-state index contributed by atoms with van der Waals surface area (Å²) >= 11 is 0. The first-order chi connectivity index (χ1) is 13.1. The Bertz CT molecular complexity index is 1010. The van der Waals surface area contributed by atoms with E-state index in [0.717, 1.165) is 34.0 Å². The summed E-state index contributed by atoms with van der Waals surface area (Å²) in [7, 11) is 0. The quantitative estimate of drug-likeness (QED) is 0.513. The molecule has 0 unspecified atom stereocenters. The van der Waals surface area contributed by atoms with Gasteiger partial charge in [-0.15, -0.1) is 0 Å². The maximum atomic E-state index is 11.8. The predicted molar refractivity (Wildman–Crippen MR) is 99.1 cm³/mol. The minimum atomic E-state index is -0.761. The molecule has 1 aliphatic heterocycles. The lowest BCUT2D eigenvalue weighted by Gasteiger charge is -2.11. The van der Waals surface area contributed by atoms with Crippen molar-refractivity contribution in [2.45, 2.75) is 33.1 Å². The van der Waals surface area contributed by atoms with Crippen molar-refractivity contribution in [3.8, 4) is 22.8 Å². The summed E-state index contributed by atoms with van der Waals surface area (Å²) in [6.45, 7) is 6.11. The van der Waals surface area contributed by atoms with Crippen molar-refractivity contribution < 1.29 is 14.3 Å². The van der Waals surface area contributed by atoms with Crippen molar-refractivity contribution in [2.75, 3.05) is 6.61 Å². The van der Waals surface area contributed by atoms with Crippen LogP contribution in [0.4, 0.5) is 4.79 Å². The molecule has 7 nitrogen and oxygen atoms in total. The molecule has 7 heteroatoms. The number of aromatic nitrogens is 4. The Morgan fingerprint density at radius 3 is 2.85 bits per heavy atom. The van der Waals surface area contributed by atoms with E-state index < -0.39 is 6.16 Å².